The number of ether oxygens (including phenoxy) is 1. The van der Waals surface area contributed by atoms with E-state index in [2.05, 4.69) is 13.5 Å². The Morgan fingerprint density at radius 3 is 2.56 bits per heavy atom. The van der Waals surface area contributed by atoms with Crippen molar-refractivity contribution < 1.29 is 13.5 Å². The lowest BCUT2D eigenvalue weighted by Gasteiger charge is -2.30. The summed E-state index contributed by atoms with van der Waals surface area (Å²) in [6.07, 6.45) is 11.9. The van der Waals surface area contributed by atoms with E-state index in [1.54, 1.807) is 0 Å². The minimum Gasteiger partial charge on any atom is -0.487 e. The number of fused-ring (bicyclic) bond motifs is 1. The Labute approximate surface area is 150 Å². The van der Waals surface area contributed by atoms with Crippen molar-refractivity contribution in [2.45, 2.75) is 83.2 Å². The van der Waals surface area contributed by atoms with E-state index in [1.807, 2.05) is 12.1 Å². The van der Waals surface area contributed by atoms with E-state index in [1.165, 1.54) is 0 Å². The van der Waals surface area contributed by atoms with Gasteiger partial charge in [0.15, 0.2) is 11.6 Å². The molecule has 1 unspecified atom stereocenters. The lowest BCUT2D eigenvalue weighted by Crippen LogP contribution is -2.24. The highest BCUT2D eigenvalue weighted by atomic mass is 19.2. The largest absolute Gasteiger partial charge is 0.487 e. The fourth-order valence-electron chi connectivity index (χ4n) is 4.33. The smallest absolute Gasteiger partial charge is 0.201 e. The maximum atomic E-state index is 14.7. The molecule has 1 aromatic rings. The van der Waals surface area contributed by atoms with Crippen LogP contribution in [0.3, 0.4) is 0 Å². The fraction of sp³-hybridized carbons (Fsp3) is 0.636. The third-order valence-electron chi connectivity index (χ3n) is 5.96. The molecule has 25 heavy (non-hydrogen) atoms. The van der Waals surface area contributed by atoms with Gasteiger partial charge in [-0.1, -0.05) is 25.8 Å². The van der Waals surface area contributed by atoms with Gasteiger partial charge in [-0.25, -0.2) is 4.39 Å². The zero-order chi connectivity index (χ0) is 17.8. The summed E-state index contributed by atoms with van der Waals surface area (Å²) in [6.45, 7) is 6.02. The normalized spacial score (nSPS) is 26.0. The molecule has 0 saturated heterocycles. The summed E-state index contributed by atoms with van der Waals surface area (Å²) in [6, 6.07) is 1.88. The Morgan fingerprint density at radius 2 is 1.88 bits per heavy atom. The van der Waals surface area contributed by atoms with Gasteiger partial charge in [0.1, 0.15) is 0 Å². The maximum absolute atomic E-state index is 14.7. The third-order valence-corrected chi connectivity index (χ3v) is 5.96. The summed E-state index contributed by atoms with van der Waals surface area (Å²) >= 11 is 0. The van der Waals surface area contributed by atoms with E-state index in [0.717, 1.165) is 69.8 Å². The average Bonchev–Trinajstić information content (AvgIpc) is 2.65. The molecule has 1 atom stereocenters. The molecule has 1 aliphatic carbocycles. The first-order valence-corrected chi connectivity index (χ1v) is 9.94. The van der Waals surface area contributed by atoms with E-state index in [0.29, 0.717) is 11.5 Å². The zero-order valence-electron chi connectivity index (χ0n) is 15.3. The van der Waals surface area contributed by atoms with Gasteiger partial charge in [0.05, 0.1) is 6.10 Å². The lowest BCUT2D eigenvalue weighted by molar-refractivity contribution is 0.150. The first-order chi connectivity index (χ1) is 12.1. The molecule has 0 radical (unpaired) electrons. The molecule has 0 spiro atoms. The van der Waals surface area contributed by atoms with Crippen molar-refractivity contribution >= 4 is 0 Å². The van der Waals surface area contributed by atoms with Crippen LogP contribution in [-0.4, -0.2) is 6.10 Å². The number of hydrogen-bond acceptors (Lipinski definition) is 1. The maximum Gasteiger partial charge on any atom is 0.201 e. The minimum atomic E-state index is -0.765. The highest BCUT2D eigenvalue weighted by molar-refractivity contribution is 5.42. The second-order valence-corrected chi connectivity index (χ2v) is 7.70. The molecule has 1 aromatic carbocycles. The summed E-state index contributed by atoms with van der Waals surface area (Å²) in [7, 11) is 0. The Balaban J connectivity index is 1.75. The standard InChI is InChI=1S/C22H30F2O/c1-3-5-6-7-18-13-12-17-14-19(20(23)21(24)22(17)25-18)16-10-8-15(4-2)9-11-16/h4,14-16,18H,2-3,5-13H2,1H3. The SMILES string of the molecule is C=CC1CCC(c2cc3c(c(F)c2F)OC(CCCCC)CC3)CC1. The van der Waals surface area contributed by atoms with Gasteiger partial charge in [0, 0.05) is 0 Å². The number of hydrogen-bond donors (Lipinski definition) is 0. The zero-order valence-corrected chi connectivity index (χ0v) is 15.3. The van der Waals surface area contributed by atoms with Crippen LogP contribution >= 0.6 is 0 Å². The van der Waals surface area contributed by atoms with Crippen LogP contribution in [0.15, 0.2) is 18.7 Å². The summed E-state index contributed by atoms with van der Waals surface area (Å²) < 4.78 is 35.2. The Kier molecular flexibility index (Phi) is 6.14. The van der Waals surface area contributed by atoms with Crippen molar-refractivity contribution in [1.82, 2.24) is 0 Å². The van der Waals surface area contributed by atoms with Crippen LogP contribution in [0.4, 0.5) is 8.78 Å². The highest BCUT2D eigenvalue weighted by Gasteiger charge is 2.30. The van der Waals surface area contributed by atoms with Gasteiger partial charge in [-0.05, 0) is 80.4 Å². The molecule has 2 aliphatic rings. The van der Waals surface area contributed by atoms with Crippen molar-refractivity contribution in [3.8, 4) is 5.75 Å². The van der Waals surface area contributed by atoms with Crippen molar-refractivity contribution in [1.29, 1.82) is 0 Å². The van der Waals surface area contributed by atoms with Crippen LogP contribution in [0, 0.1) is 17.6 Å². The fourth-order valence-corrected chi connectivity index (χ4v) is 4.33. The van der Waals surface area contributed by atoms with Crippen molar-refractivity contribution in [3.05, 3.63) is 41.5 Å². The van der Waals surface area contributed by atoms with E-state index in [-0.39, 0.29) is 17.8 Å². The third kappa shape index (κ3) is 4.07. The molecule has 0 bridgehead atoms. The van der Waals surface area contributed by atoms with Crippen LogP contribution in [-0.2, 0) is 6.42 Å². The summed E-state index contributed by atoms with van der Waals surface area (Å²) in [4.78, 5) is 0. The van der Waals surface area contributed by atoms with Gasteiger partial charge in [0.25, 0.3) is 0 Å². The Morgan fingerprint density at radius 1 is 1.12 bits per heavy atom. The summed E-state index contributed by atoms with van der Waals surface area (Å²) in [5.74, 6) is -0.630. The monoisotopic (exact) mass is 348 g/mol. The van der Waals surface area contributed by atoms with E-state index >= 15 is 0 Å². The lowest BCUT2D eigenvalue weighted by atomic mass is 9.78. The van der Waals surface area contributed by atoms with Gasteiger partial charge in [-0.2, -0.15) is 4.39 Å². The van der Waals surface area contributed by atoms with E-state index < -0.39 is 11.6 Å². The number of benzene rings is 1. The minimum absolute atomic E-state index is 0.0295. The predicted molar refractivity (Wildman–Crippen MR) is 98.1 cm³/mol. The second-order valence-electron chi connectivity index (χ2n) is 7.70. The van der Waals surface area contributed by atoms with Crippen LogP contribution < -0.4 is 4.74 Å². The summed E-state index contributed by atoms with van der Waals surface area (Å²) in [5.41, 5.74) is 1.42. The van der Waals surface area contributed by atoms with Gasteiger partial charge >= 0.3 is 0 Å². The molecule has 0 N–H and O–H groups in total. The summed E-state index contributed by atoms with van der Waals surface area (Å²) in [5, 5.41) is 0. The van der Waals surface area contributed by atoms with Gasteiger partial charge in [0.2, 0.25) is 5.82 Å². The number of allylic oxidation sites excluding steroid dienone is 1. The number of rotatable bonds is 6. The molecular weight excluding hydrogens is 318 g/mol. The van der Waals surface area contributed by atoms with Crippen LogP contribution in [0.2, 0.25) is 0 Å². The number of halogens is 2. The van der Waals surface area contributed by atoms with E-state index in [9.17, 15) is 8.78 Å². The average molecular weight is 348 g/mol. The number of unbranched alkanes of at least 4 members (excludes halogenated alkanes) is 2. The van der Waals surface area contributed by atoms with Crippen molar-refractivity contribution in [2.75, 3.05) is 0 Å². The van der Waals surface area contributed by atoms with Crippen LogP contribution in [0.1, 0.15) is 81.8 Å². The molecule has 138 valence electrons. The molecule has 3 heteroatoms. The second kappa shape index (κ2) is 8.33. The van der Waals surface area contributed by atoms with Gasteiger partial charge in [-0.3, -0.25) is 0 Å². The Hall–Kier alpha value is -1.38. The van der Waals surface area contributed by atoms with Gasteiger partial charge < -0.3 is 4.74 Å². The molecule has 3 rings (SSSR count). The quantitative estimate of drug-likeness (QED) is 0.410. The molecule has 1 nitrogen and oxygen atoms in total. The highest BCUT2D eigenvalue weighted by Crippen LogP contribution is 2.42. The molecule has 0 amide bonds. The van der Waals surface area contributed by atoms with Crippen LogP contribution in [0.5, 0.6) is 5.75 Å². The first-order valence-electron chi connectivity index (χ1n) is 9.94. The topological polar surface area (TPSA) is 9.23 Å². The predicted octanol–water partition coefficient (Wildman–Crippen LogP) is 6.70. The molecule has 1 fully saturated rings. The van der Waals surface area contributed by atoms with Crippen molar-refractivity contribution in [2.24, 2.45) is 5.92 Å². The van der Waals surface area contributed by atoms with Crippen LogP contribution in [0.25, 0.3) is 0 Å². The molecule has 1 saturated carbocycles. The number of aryl methyl sites for hydroxylation is 1. The molecule has 1 aliphatic heterocycles. The molecule has 0 aromatic heterocycles. The van der Waals surface area contributed by atoms with Gasteiger partial charge in [-0.15, -0.1) is 6.58 Å². The first kappa shape index (κ1) is 18.4. The molecular formula is C22H30F2O. The Bertz CT molecular complexity index is 603. The van der Waals surface area contributed by atoms with E-state index in [4.69, 9.17) is 4.74 Å². The van der Waals surface area contributed by atoms with Crippen molar-refractivity contribution in [3.63, 3.8) is 0 Å². The molecule has 1 heterocycles.